The van der Waals surface area contributed by atoms with Crippen LogP contribution in [0.25, 0.3) is 0 Å². The molecule has 1 heterocycles. The minimum absolute atomic E-state index is 0.166. The van der Waals surface area contributed by atoms with Crippen molar-refractivity contribution in [2.45, 2.75) is 157 Å². The first kappa shape index (κ1) is 38.1. The van der Waals surface area contributed by atoms with E-state index < -0.39 is 0 Å². The maximum atomic E-state index is 2.62. The third-order valence-electron chi connectivity index (χ3n) is 7.94. The van der Waals surface area contributed by atoms with E-state index in [0.717, 1.165) is 38.5 Å². The molecule has 0 amide bonds. The zero-order valence-corrected chi connectivity index (χ0v) is 28.7. The standard InChI is InChI=1S/C36H66B3N3/c1-7-13-19-25-31-37-40(34-28-22-16-10-4)38(32-26-20-14-8-2)42(36-30-24-18-12-6)39(33-27-21-15-9-3)41(37)35-29-23-17-11-5/h25-36H,7-24H2,1-6H3. The van der Waals surface area contributed by atoms with Gasteiger partial charge in [0, 0.05) is 0 Å². The molecule has 1 aliphatic heterocycles. The maximum Gasteiger partial charge on any atom is 0.380 e. The van der Waals surface area contributed by atoms with E-state index in [9.17, 15) is 0 Å². The lowest BCUT2D eigenvalue weighted by atomic mass is 9.43. The largest absolute Gasteiger partial charge is 0.424 e. The van der Waals surface area contributed by atoms with Crippen molar-refractivity contribution in [1.29, 1.82) is 0 Å². The van der Waals surface area contributed by atoms with Crippen LogP contribution in [0.4, 0.5) is 0 Å². The van der Waals surface area contributed by atoms with Gasteiger partial charge in [0.2, 0.25) is 0 Å². The van der Waals surface area contributed by atoms with Crippen LogP contribution in [0, 0.1) is 0 Å². The molecule has 6 heteroatoms. The highest BCUT2D eigenvalue weighted by Gasteiger charge is 2.47. The summed E-state index contributed by atoms with van der Waals surface area (Å²) < 4.78 is 7.85. The van der Waals surface area contributed by atoms with Crippen LogP contribution in [-0.2, 0) is 0 Å². The first-order valence-corrected chi connectivity index (χ1v) is 18.0. The summed E-state index contributed by atoms with van der Waals surface area (Å²) in [5, 5.41) is 0. The Labute approximate surface area is 264 Å². The second-order valence-corrected chi connectivity index (χ2v) is 11.9. The van der Waals surface area contributed by atoms with Crippen molar-refractivity contribution in [3.05, 3.63) is 73.0 Å². The number of rotatable bonds is 24. The Morgan fingerprint density at radius 3 is 0.762 bits per heavy atom. The summed E-state index contributed by atoms with van der Waals surface area (Å²) in [7, 11) is 0. The van der Waals surface area contributed by atoms with Gasteiger partial charge in [0.05, 0.1) is 0 Å². The molecular formula is C36H66B3N3. The molecule has 0 atom stereocenters. The van der Waals surface area contributed by atoms with Crippen LogP contribution < -0.4 is 0 Å². The molecule has 0 unspecified atom stereocenters. The van der Waals surface area contributed by atoms with E-state index in [4.69, 9.17) is 0 Å². The summed E-state index contributed by atoms with van der Waals surface area (Å²) in [6.07, 6.45) is 43.5. The zero-order valence-electron chi connectivity index (χ0n) is 28.7. The summed E-state index contributed by atoms with van der Waals surface area (Å²) in [5.41, 5.74) is 0. The highest BCUT2D eigenvalue weighted by molar-refractivity contribution is 6.91. The van der Waals surface area contributed by atoms with E-state index in [1.807, 2.05) is 0 Å². The number of nitrogens with zero attached hydrogens (tertiary/aromatic N) is 3. The molecule has 0 aromatic carbocycles. The van der Waals surface area contributed by atoms with E-state index in [-0.39, 0.29) is 20.9 Å². The summed E-state index contributed by atoms with van der Waals surface area (Å²) in [6.45, 7) is 14.2. The minimum atomic E-state index is 0.166. The highest BCUT2D eigenvalue weighted by Crippen LogP contribution is 2.25. The average Bonchev–Trinajstić information content (AvgIpc) is 3.00. The van der Waals surface area contributed by atoms with Gasteiger partial charge in [-0.15, -0.1) is 0 Å². The fraction of sp³-hybridized carbons (Fsp3) is 0.667. The number of allylic oxidation sites excluding steroid dienone is 6. The quantitative estimate of drug-likeness (QED) is 0.0840. The maximum absolute atomic E-state index is 2.62. The van der Waals surface area contributed by atoms with Crippen molar-refractivity contribution in [3.63, 3.8) is 0 Å². The molecular weight excluding hydrogens is 507 g/mol. The van der Waals surface area contributed by atoms with E-state index in [1.165, 1.54) is 77.0 Å². The molecule has 0 aromatic rings. The third kappa shape index (κ3) is 15.5. The molecule has 3 nitrogen and oxygen atoms in total. The lowest BCUT2D eigenvalue weighted by Gasteiger charge is -2.51. The Kier molecular flexibility index (Phi) is 24.1. The smallest absolute Gasteiger partial charge is 0.380 e. The Hall–Kier alpha value is -1.97. The van der Waals surface area contributed by atoms with Gasteiger partial charge in [0.25, 0.3) is 0 Å². The molecule has 234 valence electrons. The fourth-order valence-corrected chi connectivity index (χ4v) is 5.23. The van der Waals surface area contributed by atoms with Crippen LogP contribution in [0.5, 0.6) is 0 Å². The van der Waals surface area contributed by atoms with Crippen molar-refractivity contribution < 1.29 is 0 Å². The minimum Gasteiger partial charge on any atom is -0.424 e. The van der Waals surface area contributed by atoms with E-state index in [2.05, 4.69) is 129 Å². The van der Waals surface area contributed by atoms with Crippen molar-refractivity contribution in [3.8, 4) is 0 Å². The van der Waals surface area contributed by atoms with Gasteiger partial charge in [0.1, 0.15) is 0 Å². The molecule has 1 saturated heterocycles. The summed E-state index contributed by atoms with van der Waals surface area (Å²) in [4.78, 5) is 0. The number of hydrogen-bond acceptors (Lipinski definition) is 3. The van der Waals surface area contributed by atoms with E-state index >= 15 is 0 Å². The van der Waals surface area contributed by atoms with Crippen LogP contribution in [0.3, 0.4) is 0 Å². The van der Waals surface area contributed by atoms with E-state index in [0.29, 0.717) is 0 Å². The topological polar surface area (TPSA) is 9.72 Å². The normalized spacial score (nSPS) is 15.3. The van der Waals surface area contributed by atoms with Crippen LogP contribution in [0.2, 0.25) is 0 Å². The summed E-state index contributed by atoms with van der Waals surface area (Å²) >= 11 is 0. The first-order valence-electron chi connectivity index (χ1n) is 18.0. The predicted molar refractivity (Wildman–Crippen MR) is 195 cm³/mol. The van der Waals surface area contributed by atoms with Crippen molar-refractivity contribution in [1.82, 2.24) is 14.2 Å². The molecule has 0 aromatic heterocycles. The molecule has 0 saturated carbocycles. The van der Waals surface area contributed by atoms with Gasteiger partial charge in [-0.2, -0.15) is 0 Å². The van der Waals surface area contributed by atoms with Gasteiger partial charge in [-0.3, -0.25) is 0 Å². The molecule has 1 rings (SSSR count). The number of unbranched alkanes of at least 4 members (excludes halogenated alkanes) is 12. The SMILES string of the molecule is CCCCC=CB1N(C=CCCCC)B(C=CCCCC)N(C=CCCCC)B(C=CCCCC)N1C=CCCCC. The van der Waals surface area contributed by atoms with Crippen LogP contribution in [-0.4, -0.2) is 35.1 Å². The molecule has 0 radical (unpaired) electrons. The summed E-state index contributed by atoms with van der Waals surface area (Å²) in [5.74, 6) is 7.46. The Balaban J connectivity index is 3.76. The predicted octanol–water partition coefficient (Wildman–Crippen LogP) is 11.3. The van der Waals surface area contributed by atoms with Gasteiger partial charge in [-0.25, -0.2) is 0 Å². The van der Waals surface area contributed by atoms with Gasteiger partial charge >= 0.3 is 20.9 Å². The Morgan fingerprint density at radius 1 is 0.333 bits per heavy atom. The molecule has 0 bridgehead atoms. The van der Waals surface area contributed by atoms with Gasteiger partial charge in [-0.05, 0) is 57.1 Å². The monoisotopic (exact) mass is 574 g/mol. The van der Waals surface area contributed by atoms with Crippen molar-refractivity contribution in [2.24, 2.45) is 0 Å². The van der Waals surface area contributed by atoms with Crippen molar-refractivity contribution >= 4 is 20.9 Å². The zero-order chi connectivity index (χ0) is 30.7. The second kappa shape index (κ2) is 26.6. The molecule has 0 N–H and O–H groups in total. The highest BCUT2D eigenvalue weighted by atomic mass is 15.3. The van der Waals surface area contributed by atoms with Crippen LogP contribution in [0.15, 0.2) is 73.0 Å². The lowest BCUT2D eigenvalue weighted by Crippen LogP contribution is -2.72. The molecule has 1 aliphatic rings. The molecule has 0 aliphatic carbocycles. The van der Waals surface area contributed by atoms with Gasteiger partial charge in [0.15, 0.2) is 0 Å². The van der Waals surface area contributed by atoms with Crippen LogP contribution >= 0.6 is 0 Å². The van der Waals surface area contributed by atoms with E-state index in [1.54, 1.807) is 0 Å². The van der Waals surface area contributed by atoms with Gasteiger partial charge < -0.3 is 14.2 Å². The lowest BCUT2D eigenvalue weighted by molar-refractivity contribution is 0.619. The molecule has 1 fully saturated rings. The van der Waals surface area contributed by atoms with Crippen LogP contribution in [0.1, 0.15) is 157 Å². The third-order valence-corrected chi connectivity index (χ3v) is 7.94. The molecule has 0 spiro atoms. The Morgan fingerprint density at radius 2 is 0.548 bits per heavy atom. The summed E-state index contributed by atoms with van der Waals surface area (Å²) in [6, 6.07) is 0. The Bertz CT molecular complexity index is 622. The van der Waals surface area contributed by atoms with Gasteiger partial charge in [-0.1, -0.05) is 173 Å². The first-order chi connectivity index (χ1) is 20.7. The number of hydrogen-bond donors (Lipinski definition) is 0. The fourth-order valence-electron chi connectivity index (χ4n) is 5.23. The average molecular weight is 573 g/mol. The molecule has 42 heavy (non-hydrogen) atoms. The van der Waals surface area contributed by atoms with Crippen molar-refractivity contribution in [2.75, 3.05) is 0 Å². The second-order valence-electron chi connectivity index (χ2n) is 11.9.